The van der Waals surface area contributed by atoms with Gasteiger partial charge in [0, 0.05) is 12.0 Å². The molecule has 0 aromatic rings. The van der Waals surface area contributed by atoms with Crippen LogP contribution in [0.5, 0.6) is 0 Å². The highest BCUT2D eigenvalue weighted by molar-refractivity contribution is 5.16. The zero-order valence-electron chi connectivity index (χ0n) is 18.4. The molecule has 0 saturated heterocycles. The maximum Gasteiger partial charge on any atom is 0.0603 e. The highest BCUT2D eigenvalue weighted by Crippen LogP contribution is 2.68. The van der Waals surface area contributed by atoms with Gasteiger partial charge in [-0.25, -0.2) is 0 Å². The van der Waals surface area contributed by atoms with Crippen LogP contribution in [0.15, 0.2) is 0 Å². The Bertz CT molecular complexity index is 598. The third kappa shape index (κ3) is 3.22. The van der Waals surface area contributed by atoms with E-state index in [4.69, 9.17) is 0 Å². The molecule has 0 bridgehead atoms. The fraction of sp³-hybridized carbons (Fsp3) is 1.00. The van der Waals surface area contributed by atoms with Crippen molar-refractivity contribution in [1.29, 1.82) is 0 Å². The minimum atomic E-state index is -0.484. The summed E-state index contributed by atoms with van der Waals surface area (Å²) in [4.78, 5) is 0. The van der Waals surface area contributed by atoms with Crippen LogP contribution in [0.25, 0.3) is 0 Å². The standard InChI is InChI=1S/C24H42O5/c1-13(5-4-8-25)22-19(28)11-17-21-16(12-20(29)24(17,22)3)23(2)7-6-15(26)9-14(23)10-18(21)27/h13-22,25-29H,4-12H2,1-3H3/t13-,14+,15-,16+,17+,18-,19-,20+,21-,22+,23+,24-/m1/s1. The van der Waals surface area contributed by atoms with E-state index in [0.717, 1.165) is 38.5 Å². The maximum absolute atomic E-state index is 11.5. The predicted octanol–water partition coefficient (Wildman–Crippen LogP) is 2.33. The van der Waals surface area contributed by atoms with Crippen LogP contribution in [0.1, 0.15) is 72.1 Å². The van der Waals surface area contributed by atoms with E-state index in [1.165, 1.54) is 0 Å². The number of fused-ring (bicyclic) bond motifs is 5. The molecule has 4 aliphatic carbocycles. The molecule has 5 N–H and O–H groups in total. The summed E-state index contributed by atoms with van der Waals surface area (Å²) >= 11 is 0. The van der Waals surface area contributed by atoms with Crippen LogP contribution >= 0.6 is 0 Å². The van der Waals surface area contributed by atoms with E-state index in [1.807, 2.05) is 0 Å². The Morgan fingerprint density at radius 1 is 0.931 bits per heavy atom. The second-order valence-corrected chi connectivity index (χ2v) is 11.5. The van der Waals surface area contributed by atoms with E-state index in [2.05, 4.69) is 20.8 Å². The SMILES string of the molecule is C[C@H](CCCO)[C@H]1[C@H](O)C[C@H]2[C@@H]3[C@H](O)C[C@@H]4C[C@H](O)CC[C@]4(C)[C@H]3C[C@H](O)[C@]12C. The Balaban J connectivity index is 1.66. The molecule has 0 heterocycles. The molecule has 0 aromatic carbocycles. The summed E-state index contributed by atoms with van der Waals surface area (Å²) in [7, 11) is 0. The van der Waals surface area contributed by atoms with Gasteiger partial charge in [0.1, 0.15) is 0 Å². The van der Waals surface area contributed by atoms with Crippen molar-refractivity contribution in [1.82, 2.24) is 0 Å². The van der Waals surface area contributed by atoms with E-state index in [0.29, 0.717) is 18.8 Å². The lowest BCUT2D eigenvalue weighted by Crippen LogP contribution is -2.62. The predicted molar refractivity (Wildman–Crippen MR) is 111 cm³/mol. The quantitative estimate of drug-likeness (QED) is 0.490. The third-order valence-electron chi connectivity index (χ3n) is 10.3. The Hall–Kier alpha value is -0.200. The molecule has 0 aliphatic heterocycles. The Morgan fingerprint density at radius 3 is 2.34 bits per heavy atom. The van der Waals surface area contributed by atoms with Crippen molar-refractivity contribution in [3.05, 3.63) is 0 Å². The number of aliphatic hydroxyl groups excluding tert-OH is 5. The molecular formula is C24H42O5. The van der Waals surface area contributed by atoms with Gasteiger partial charge in [-0.15, -0.1) is 0 Å². The lowest BCUT2D eigenvalue weighted by atomic mass is 9.43. The van der Waals surface area contributed by atoms with Crippen molar-refractivity contribution in [2.75, 3.05) is 6.61 Å². The number of aliphatic hydroxyl groups is 5. The van der Waals surface area contributed by atoms with Gasteiger partial charge >= 0.3 is 0 Å². The Labute approximate surface area is 175 Å². The molecule has 4 saturated carbocycles. The van der Waals surface area contributed by atoms with Crippen LogP contribution in [0.4, 0.5) is 0 Å². The molecule has 168 valence electrons. The van der Waals surface area contributed by atoms with Crippen molar-refractivity contribution < 1.29 is 25.5 Å². The van der Waals surface area contributed by atoms with Crippen LogP contribution in [0.2, 0.25) is 0 Å². The minimum absolute atomic E-state index is 0.000840. The molecule has 0 aromatic heterocycles. The molecule has 0 unspecified atom stereocenters. The fourth-order valence-electron chi connectivity index (χ4n) is 8.83. The van der Waals surface area contributed by atoms with E-state index in [9.17, 15) is 25.5 Å². The average molecular weight is 411 g/mol. The third-order valence-corrected chi connectivity index (χ3v) is 10.3. The maximum atomic E-state index is 11.5. The second kappa shape index (κ2) is 7.74. The molecule has 0 radical (unpaired) electrons. The first-order valence-electron chi connectivity index (χ1n) is 12.0. The van der Waals surface area contributed by atoms with Gasteiger partial charge in [-0.05, 0) is 92.3 Å². The smallest absolute Gasteiger partial charge is 0.0603 e. The molecule has 0 spiro atoms. The molecule has 12 atom stereocenters. The highest BCUT2D eigenvalue weighted by atomic mass is 16.3. The first-order valence-corrected chi connectivity index (χ1v) is 12.0. The zero-order chi connectivity index (χ0) is 21.1. The summed E-state index contributed by atoms with van der Waals surface area (Å²) in [6.45, 7) is 6.79. The molecule has 5 nitrogen and oxygen atoms in total. The average Bonchev–Trinajstić information content (AvgIpc) is 2.93. The Morgan fingerprint density at radius 2 is 1.66 bits per heavy atom. The van der Waals surface area contributed by atoms with E-state index >= 15 is 0 Å². The summed E-state index contributed by atoms with van der Waals surface area (Å²) in [6, 6.07) is 0. The molecule has 4 fully saturated rings. The second-order valence-electron chi connectivity index (χ2n) is 11.5. The van der Waals surface area contributed by atoms with Gasteiger partial charge in [-0.1, -0.05) is 20.8 Å². The number of rotatable bonds is 4. The normalized spacial score (nSPS) is 55.7. The van der Waals surface area contributed by atoms with Crippen molar-refractivity contribution in [2.45, 2.75) is 96.6 Å². The molecule has 4 aliphatic rings. The van der Waals surface area contributed by atoms with Crippen LogP contribution in [-0.2, 0) is 0 Å². The van der Waals surface area contributed by atoms with Crippen LogP contribution in [0, 0.1) is 46.3 Å². The lowest BCUT2D eigenvalue weighted by molar-refractivity contribution is -0.207. The summed E-state index contributed by atoms with van der Waals surface area (Å²) in [5.41, 5.74) is -0.342. The molecule has 0 amide bonds. The topological polar surface area (TPSA) is 101 Å². The van der Waals surface area contributed by atoms with Gasteiger partial charge in [-0.2, -0.15) is 0 Å². The van der Waals surface area contributed by atoms with Crippen molar-refractivity contribution >= 4 is 0 Å². The summed E-state index contributed by atoms with van der Waals surface area (Å²) in [5, 5.41) is 53.3. The number of hydrogen-bond acceptors (Lipinski definition) is 5. The summed E-state index contributed by atoms with van der Waals surface area (Å²) in [5.74, 6) is 1.02. The van der Waals surface area contributed by atoms with Gasteiger partial charge in [-0.3, -0.25) is 0 Å². The van der Waals surface area contributed by atoms with Gasteiger partial charge in [0.2, 0.25) is 0 Å². The van der Waals surface area contributed by atoms with Gasteiger partial charge in [0.25, 0.3) is 0 Å². The van der Waals surface area contributed by atoms with E-state index < -0.39 is 23.7 Å². The van der Waals surface area contributed by atoms with Gasteiger partial charge in [0.15, 0.2) is 0 Å². The lowest BCUT2D eigenvalue weighted by Gasteiger charge is -2.63. The van der Waals surface area contributed by atoms with Crippen LogP contribution < -0.4 is 0 Å². The van der Waals surface area contributed by atoms with Gasteiger partial charge in [0.05, 0.1) is 24.4 Å². The monoisotopic (exact) mass is 410 g/mol. The number of hydrogen-bond donors (Lipinski definition) is 5. The minimum Gasteiger partial charge on any atom is -0.396 e. The summed E-state index contributed by atoms with van der Waals surface area (Å²) in [6.07, 6.45) is 4.56. The largest absolute Gasteiger partial charge is 0.396 e. The molecule has 5 heteroatoms. The van der Waals surface area contributed by atoms with E-state index in [-0.39, 0.29) is 47.7 Å². The first kappa shape index (κ1) is 22.0. The van der Waals surface area contributed by atoms with E-state index in [1.54, 1.807) is 0 Å². The van der Waals surface area contributed by atoms with Gasteiger partial charge < -0.3 is 25.5 Å². The van der Waals surface area contributed by atoms with Crippen LogP contribution in [0.3, 0.4) is 0 Å². The Kier molecular flexibility index (Phi) is 5.87. The fourth-order valence-corrected chi connectivity index (χ4v) is 8.83. The van der Waals surface area contributed by atoms with Crippen molar-refractivity contribution in [3.63, 3.8) is 0 Å². The first-order chi connectivity index (χ1) is 13.6. The molecule has 29 heavy (non-hydrogen) atoms. The summed E-state index contributed by atoms with van der Waals surface area (Å²) < 4.78 is 0. The molecule has 4 rings (SSSR count). The molecular weight excluding hydrogens is 368 g/mol. The highest BCUT2D eigenvalue weighted by Gasteiger charge is 2.67. The van der Waals surface area contributed by atoms with Crippen molar-refractivity contribution in [2.24, 2.45) is 46.3 Å². The van der Waals surface area contributed by atoms with Crippen LogP contribution in [-0.4, -0.2) is 56.6 Å². The van der Waals surface area contributed by atoms with Crippen molar-refractivity contribution in [3.8, 4) is 0 Å². The zero-order valence-corrected chi connectivity index (χ0v) is 18.4.